The van der Waals surface area contributed by atoms with Gasteiger partial charge in [-0.05, 0) is 37.3 Å². The Labute approximate surface area is 165 Å². The molecule has 1 aliphatic carbocycles. The van der Waals surface area contributed by atoms with Crippen LogP contribution < -0.4 is 20.6 Å². The first kappa shape index (κ1) is 17.4. The van der Waals surface area contributed by atoms with Crippen molar-refractivity contribution in [2.45, 2.75) is 25.7 Å². The number of aromatic nitrogens is 3. The molecule has 0 unspecified atom stereocenters. The van der Waals surface area contributed by atoms with Crippen molar-refractivity contribution in [1.82, 2.24) is 10.3 Å². The Morgan fingerprint density at radius 3 is 2.96 bits per heavy atom. The van der Waals surface area contributed by atoms with Crippen LogP contribution in [0.2, 0.25) is 0 Å². The molecule has 0 aromatic carbocycles. The van der Waals surface area contributed by atoms with Gasteiger partial charge in [0.25, 0.3) is 6.20 Å². The number of nitrogens with two attached hydrogens (primary N) is 1. The van der Waals surface area contributed by atoms with Gasteiger partial charge in [-0.3, -0.25) is 4.52 Å². The van der Waals surface area contributed by atoms with Crippen LogP contribution in [0.1, 0.15) is 29.0 Å². The molecule has 3 aromatic heterocycles. The van der Waals surface area contributed by atoms with Crippen LogP contribution in [0.15, 0.2) is 21.8 Å². The molecule has 28 heavy (non-hydrogen) atoms. The minimum atomic E-state index is -0.441. The van der Waals surface area contributed by atoms with E-state index in [1.807, 2.05) is 5.01 Å². The summed E-state index contributed by atoms with van der Waals surface area (Å²) in [6.07, 6.45) is 5.91. The number of pyridine rings is 1. The molecule has 4 heterocycles. The zero-order valence-electron chi connectivity index (χ0n) is 15.3. The number of rotatable bonds is 3. The van der Waals surface area contributed by atoms with Gasteiger partial charge in [0.05, 0.1) is 41.7 Å². The van der Waals surface area contributed by atoms with Gasteiger partial charge in [0.1, 0.15) is 4.83 Å². The van der Waals surface area contributed by atoms with Gasteiger partial charge in [0, 0.05) is 17.0 Å². The van der Waals surface area contributed by atoms with Crippen LogP contribution in [0.3, 0.4) is 0 Å². The summed E-state index contributed by atoms with van der Waals surface area (Å²) >= 11 is 1.28. The molecule has 10 heteroatoms. The van der Waals surface area contributed by atoms with Crippen molar-refractivity contribution in [1.29, 1.82) is 0 Å². The first-order valence-electron chi connectivity index (χ1n) is 9.37. The lowest BCUT2D eigenvalue weighted by molar-refractivity contribution is -0.759. The number of aliphatic imine (C=N–C) groups is 1. The maximum atomic E-state index is 12.7. The summed E-state index contributed by atoms with van der Waals surface area (Å²) < 4.78 is 10.5. The highest BCUT2D eigenvalue weighted by Gasteiger charge is 2.23. The fraction of sp³-hybridized carbons (Fsp3) is 0.444. The van der Waals surface area contributed by atoms with E-state index < -0.39 is 5.90 Å². The molecule has 0 radical (unpaired) electrons. The lowest BCUT2D eigenvalue weighted by Gasteiger charge is -2.18. The molecular formula is C18H20N6O3S. The van der Waals surface area contributed by atoms with E-state index in [9.17, 15) is 5.11 Å². The van der Waals surface area contributed by atoms with Gasteiger partial charge in [-0.15, -0.1) is 16.3 Å². The van der Waals surface area contributed by atoms with Crippen LogP contribution in [0.25, 0.3) is 10.2 Å². The number of hydrogen-bond donors (Lipinski definition) is 1. The van der Waals surface area contributed by atoms with Crippen molar-refractivity contribution in [2.75, 3.05) is 37.0 Å². The number of hydrogen-bond acceptors (Lipinski definition) is 9. The number of nitrogens with zero attached hydrogens (tertiary/aromatic N) is 5. The van der Waals surface area contributed by atoms with Gasteiger partial charge in [-0.25, -0.2) is 9.98 Å². The van der Waals surface area contributed by atoms with Crippen molar-refractivity contribution in [3.8, 4) is 0 Å². The van der Waals surface area contributed by atoms with E-state index >= 15 is 0 Å². The standard InChI is InChI=1S/C18H20N6O3S/c19-15-12-9-11-3-1-2-4-13(11)20-18(12)28-16(15)17(25)21-14-10-24(22-27-14)23-5-7-26-8-6-23/h9-10H,1-8H2,(H2-,19,21,22,25). The molecule has 0 saturated carbocycles. The van der Waals surface area contributed by atoms with Crippen molar-refractivity contribution in [2.24, 2.45) is 4.99 Å². The van der Waals surface area contributed by atoms with Crippen molar-refractivity contribution in [3.63, 3.8) is 0 Å². The molecule has 0 atom stereocenters. The van der Waals surface area contributed by atoms with Gasteiger partial charge < -0.3 is 15.6 Å². The second-order valence-corrected chi connectivity index (χ2v) is 7.94. The Balaban J connectivity index is 1.46. The summed E-state index contributed by atoms with van der Waals surface area (Å²) in [6, 6.07) is 2.08. The Morgan fingerprint density at radius 2 is 2.11 bits per heavy atom. The summed E-state index contributed by atoms with van der Waals surface area (Å²) in [7, 11) is 0. The SMILES string of the molecule is Nc1c(/C([O-])=N/c2c[n+](N3CCOCC3)no2)sc2nc3c(cc12)CCCC3. The zero-order chi connectivity index (χ0) is 19.1. The molecule has 146 valence electrons. The third-order valence-electron chi connectivity index (χ3n) is 5.13. The average Bonchev–Trinajstić information content (AvgIpc) is 3.32. The third kappa shape index (κ3) is 3.08. The molecule has 1 fully saturated rings. The Hall–Kier alpha value is -2.72. The number of anilines is 1. The smallest absolute Gasteiger partial charge is 0.324 e. The predicted molar refractivity (Wildman–Crippen MR) is 102 cm³/mol. The second kappa shape index (κ2) is 7.02. The summed E-state index contributed by atoms with van der Waals surface area (Å²) in [5.74, 6) is -0.302. The van der Waals surface area contributed by atoms with E-state index in [0.717, 1.165) is 35.2 Å². The molecule has 1 saturated heterocycles. The average molecular weight is 400 g/mol. The van der Waals surface area contributed by atoms with E-state index in [2.05, 4.69) is 16.3 Å². The predicted octanol–water partition coefficient (Wildman–Crippen LogP) is 0.440. The number of aryl methyl sites for hydroxylation is 2. The van der Waals surface area contributed by atoms with Crippen molar-refractivity contribution < 1.29 is 19.2 Å². The molecule has 2 aliphatic rings. The lowest BCUT2D eigenvalue weighted by atomic mass is 9.95. The topological polar surface area (TPSA) is 117 Å². The molecule has 0 spiro atoms. The van der Waals surface area contributed by atoms with Crippen LogP contribution in [0, 0.1) is 0 Å². The first-order valence-corrected chi connectivity index (χ1v) is 10.2. The Bertz CT molecular complexity index is 1050. The van der Waals surface area contributed by atoms with E-state index in [1.54, 1.807) is 11.0 Å². The highest BCUT2D eigenvalue weighted by Crippen LogP contribution is 2.35. The van der Waals surface area contributed by atoms with Gasteiger partial charge in [0.15, 0.2) is 0 Å². The minimum absolute atomic E-state index is 0.139. The van der Waals surface area contributed by atoms with Gasteiger partial charge in [-0.1, -0.05) is 0 Å². The Kier molecular flexibility index (Phi) is 4.36. The van der Waals surface area contributed by atoms with Crippen molar-refractivity contribution >= 4 is 39.0 Å². The van der Waals surface area contributed by atoms with E-state index in [0.29, 0.717) is 36.9 Å². The summed E-state index contributed by atoms with van der Waals surface area (Å²) in [6.45, 7) is 2.65. The molecule has 0 bridgehead atoms. The van der Waals surface area contributed by atoms with Gasteiger partial charge in [-0.2, -0.15) is 0 Å². The molecule has 1 aliphatic heterocycles. The normalized spacial score (nSPS) is 17.9. The number of morpholine rings is 1. The maximum absolute atomic E-state index is 12.7. The van der Waals surface area contributed by atoms with Gasteiger partial charge in [0.2, 0.25) is 5.27 Å². The zero-order valence-corrected chi connectivity index (χ0v) is 16.1. The molecule has 5 rings (SSSR count). The van der Waals surface area contributed by atoms with E-state index in [1.165, 1.54) is 23.3 Å². The summed E-state index contributed by atoms with van der Waals surface area (Å²) in [4.78, 5) is 11.5. The van der Waals surface area contributed by atoms with Crippen LogP contribution in [0.5, 0.6) is 0 Å². The van der Waals surface area contributed by atoms with Crippen LogP contribution in [-0.2, 0) is 17.6 Å². The van der Waals surface area contributed by atoms with Crippen LogP contribution in [0.4, 0.5) is 11.6 Å². The van der Waals surface area contributed by atoms with Gasteiger partial charge >= 0.3 is 5.88 Å². The quantitative estimate of drug-likeness (QED) is 0.385. The second-order valence-electron chi connectivity index (χ2n) is 6.94. The van der Waals surface area contributed by atoms with Crippen molar-refractivity contribution in [3.05, 3.63) is 28.4 Å². The third-order valence-corrected chi connectivity index (χ3v) is 6.23. The largest absolute Gasteiger partial charge is 0.857 e. The highest BCUT2D eigenvalue weighted by atomic mass is 32.1. The number of thiophene rings is 1. The Morgan fingerprint density at radius 1 is 1.29 bits per heavy atom. The number of fused-ring (bicyclic) bond motifs is 2. The number of nitrogen functional groups attached to an aromatic ring is 1. The monoisotopic (exact) mass is 400 g/mol. The summed E-state index contributed by atoms with van der Waals surface area (Å²) in [5.41, 5.74) is 9.06. The molecule has 0 amide bonds. The minimum Gasteiger partial charge on any atom is -0.857 e. The molecule has 3 aromatic rings. The molecule has 2 N–H and O–H groups in total. The molecular weight excluding hydrogens is 380 g/mol. The van der Waals surface area contributed by atoms with E-state index in [4.69, 9.17) is 20.0 Å². The fourth-order valence-corrected chi connectivity index (χ4v) is 4.62. The lowest BCUT2D eigenvalue weighted by Crippen LogP contribution is -2.62. The van der Waals surface area contributed by atoms with Crippen LogP contribution in [-0.4, -0.2) is 42.5 Å². The molecule has 9 nitrogen and oxygen atoms in total. The highest BCUT2D eigenvalue weighted by molar-refractivity contribution is 7.21. The first-order chi connectivity index (χ1) is 13.7. The van der Waals surface area contributed by atoms with E-state index in [-0.39, 0.29) is 5.88 Å². The van der Waals surface area contributed by atoms with Crippen LogP contribution >= 0.6 is 11.3 Å². The fourth-order valence-electron chi connectivity index (χ4n) is 3.64. The summed E-state index contributed by atoms with van der Waals surface area (Å²) in [5, 5.41) is 19.4. The maximum Gasteiger partial charge on any atom is 0.324 e. The number of ether oxygens (including phenoxy) is 1.